The van der Waals surface area contributed by atoms with Crippen molar-refractivity contribution >= 4 is 39.0 Å². The van der Waals surface area contributed by atoms with Crippen LogP contribution in [0.2, 0.25) is 0 Å². The van der Waals surface area contributed by atoms with Crippen molar-refractivity contribution in [2.75, 3.05) is 24.3 Å². The number of benzene rings is 2. The third kappa shape index (κ3) is 5.50. The molecule has 178 valence electrons. The summed E-state index contributed by atoms with van der Waals surface area (Å²) in [5.41, 5.74) is -0.752. The Labute approximate surface area is 193 Å². The van der Waals surface area contributed by atoms with Gasteiger partial charge in [-0.3, -0.25) is 14.8 Å². The fraction of sp³-hybridized carbons (Fsp3) is 0.143. The summed E-state index contributed by atoms with van der Waals surface area (Å²) in [5, 5.41) is 14.4. The number of nitrogens with one attached hydrogen (secondary N) is 2. The molecule has 1 heterocycles. The summed E-state index contributed by atoms with van der Waals surface area (Å²) < 4.78 is 42.5. The Morgan fingerprint density at radius 3 is 2.21 bits per heavy atom. The molecule has 0 bridgehead atoms. The molecule has 0 amide bonds. The maximum absolute atomic E-state index is 12.9. The number of esters is 2. The molecular formula is C21H19N3O9S. The number of carbonyl (C=O) groups excluding carboxylic acids is 2. The lowest BCUT2D eigenvalue weighted by Gasteiger charge is -2.12. The average Bonchev–Trinajstić information content (AvgIpc) is 3.34. The van der Waals surface area contributed by atoms with Crippen molar-refractivity contribution in [3.63, 3.8) is 0 Å². The number of nitro groups is 1. The van der Waals surface area contributed by atoms with Crippen LogP contribution in [-0.4, -0.2) is 39.5 Å². The van der Waals surface area contributed by atoms with Crippen molar-refractivity contribution in [2.24, 2.45) is 0 Å². The van der Waals surface area contributed by atoms with Gasteiger partial charge in [0.2, 0.25) is 0 Å². The van der Waals surface area contributed by atoms with Crippen LogP contribution in [0.1, 0.15) is 26.5 Å². The van der Waals surface area contributed by atoms with E-state index in [1.54, 1.807) is 12.1 Å². The second-order valence-corrected chi connectivity index (χ2v) is 8.44. The highest BCUT2D eigenvalue weighted by atomic mass is 32.2. The normalized spacial score (nSPS) is 10.9. The number of methoxy groups -OCH3 is 2. The van der Waals surface area contributed by atoms with Gasteiger partial charge in [-0.1, -0.05) is 0 Å². The Hall–Kier alpha value is -4.39. The van der Waals surface area contributed by atoms with E-state index in [1.165, 1.54) is 24.5 Å². The first-order valence-corrected chi connectivity index (χ1v) is 11.0. The molecular weight excluding hydrogens is 470 g/mol. The van der Waals surface area contributed by atoms with Crippen molar-refractivity contribution < 1.29 is 36.8 Å². The summed E-state index contributed by atoms with van der Waals surface area (Å²) in [6.45, 7) is 0.148. The van der Waals surface area contributed by atoms with Gasteiger partial charge in [0, 0.05) is 6.07 Å². The quantitative estimate of drug-likeness (QED) is 0.259. The van der Waals surface area contributed by atoms with Gasteiger partial charge < -0.3 is 19.2 Å². The van der Waals surface area contributed by atoms with E-state index in [0.29, 0.717) is 5.76 Å². The zero-order valence-corrected chi connectivity index (χ0v) is 18.7. The van der Waals surface area contributed by atoms with Crippen LogP contribution in [0.15, 0.2) is 64.1 Å². The van der Waals surface area contributed by atoms with E-state index >= 15 is 0 Å². The summed E-state index contributed by atoms with van der Waals surface area (Å²) in [7, 11) is -2.10. The number of hydrogen-bond donors (Lipinski definition) is 2. The number of rotatable bonds is 9. The van der Waals surface area contributed by atoms with E-state index in [-0.39, 0.29) is 29.0 Å². The second-order valence-electron chi connectivity index (χ2n) is 6.76. The van der Waals surface area contributed by atoms with Crippen LogP contribution in [0.4, 0.5) is 17.1 Å². The van der Waals surface area contributed by atoms with Crippen molar-refractivity contribution in [1.82, 2.24) is 0 Å². The number of nitro benzene ring substituents is 1. The van der Waals surface area contributed by atoms with Gasteiger partial charge in [-0.05, 0) is 42.5 Å². The molecule has 0 fully saturated rings. The summed E-state index contributed by atoms with van der Waals surface area (Å²) in [6, 6.07) is 10.1. The van der Waals surface area contributed by atoms with Crippen LogP contribution in [0.3, 0.4) is 0 Å². The maximum atomic E-state index is 12.9. The van der Waals surface area contributed by atoms with Crippen molar-refractivity contribution in [3.05, 3.63) is 81.8 Å². The molecule has 12 nitrogen and oxygen atoms in total. The third-order valence-corrected chi connectivity index (χ3v) is 5.92. The first kappa shape index (κ1) is 24.3. The molecule has 0 atom stereocenters. The molecule has 0 saturated heterocycles. The minimum atomic E-state index is -4.35. The summed E-state index contributed by atoms with van der Waals surface area (Å²) >= 11 is 0. The molecule has 0 aliphatic heterocycles. The Kier molecular flexibility index (Phi) is 7.16. The molecule has 0 saturated carbocycles. The number of furan rings is 1. The van der Waals surface area contributed by atoms with Crippen molar-refractivity contribution in [3.8, 4) is 0 Å². The fourth-order valence-electron chi connectivity index (χ4n) is 2.95. The minimum Gasteiger partial charge on any atom is -0.467 e. The van der Waals surface area contributed by atoms with Crippen LogP contribution in [0.5, 0.6) is 0 Å². The lowest BCUT2D eigenvalue weighted by atomic mass is 10.1. The lowest BCUT2D eigenvalue weighted by Crippen LogP contribution is -2.15. The molecule has 0 aliphatic carbocycles. The van der Waals surface area contributed by atoms with Gasteiger partial charge in [0.15, 0.2) is 0 Å². The van der Waals surface area contributed by atoms with Crippen LogP contribution in [-0.2, 0) is 26.0 Å². The Bertz CT molecular complexity index is 1300. The van der Waals surface area contributed by atoms with Gasteiger partial charge >= 0.3 is 11.9 Å². The van der Waals surface area contributed by atoms with Crippen molar-refractivity contribution in [1.29, 1.82) is 0 Å². The van der Waals surface area contributed by atoms with Crippen LogP contribution in [0.25, 0.3) is 0 Å². The first-order valence-electron chi connectivity index (χ1n) is 9.54. The van der Waals surface area contributed by atoms with E-state index < -0.39 is 37.5 Å². The molecule has 0 spiro atoms. The van der Waals surface area contributed by atoms with E-state index in [9.17, 15) is 28.1 Å². The number of nitrogens with zero attached hydrogens (tertiary/aromatic N) is 1. The molecule has 13 heteroatoms. The SMILES string of the molecule is COC(=O)c1cc(NS(=O)(=O)c2ccc(NCc3ccco3)c([N+](=O)[O-])c2)cc(C(=O)OC)c1. The van der Waals surface area contributed by atoms with E-state index in [0.717, 1.165) is 32.4 Å². The van der Waals surface area contributed by atoms with Gasteiger partial charge in [0.25, 0.3) is 15.7 Å². The highest BCUT2D eigenvalue weighted by molar-refractivity contribution is 7.92. The minimum absolute atomic E-state index is 0.0843. The highest BCUT2D eigenvalue weighted by Gasteiger charge is 2.23. The molecule has 0 radical (unpaired) electrons. The molecule has 0 aliphatic rings. The van der Waals surface area contributed by atoms with Gasteiger partial charge in [-0.25, -0.2) is 18.0 Å². The smallest absolute Gasteiger partial charge is 0.337 e. The fourth-order valence-corrected chi connectivity index (χ4v) is 4.01. The predicted molar refractivity (Wildman–Crippen MR) is 119 cm³/mol. The summed E-state index contributed by atoms with van der Waals surface area (Å²) in [4.78, 5) is 34.3. The number of sulfonamides is 1. The van der Waals surface area contributed by atoms with Gasteiger partial charge in [-0.2, -0.15) is 0 Å². The molecule has 1 aromatic heterocycles. The maximum Gasteiger partial charge on any atom is 0.337 e. The molecule has 34 heavy (non-hydrogen) atoms. The summed E-state index contributed by atoms with van der Waals surface area (Å²) in [6.07, 6.45) is 1.45. The number of carbonyl (C=O) groups is 2. The van der Waals surface area contributed by atoms with Gasteiger partial charge in [0.1, 0.15) is 11.4 Å². The molecule has 2 N–H and O–H groups in total. The van der Waals surface area contributed by atoms with E-state index in [2.05, 4.69) is 19.5 Å². The highest BCUT2D eigenvalue weighted by Crippen LogP contribution is 2.29. The van der Waals surface area contributed by atoms with Gasteiger partial charge in [-0.15, -0.1) is 0 Å². The zero-order chi connectivity index (χ0) is 24.9. The topological polar surface area (TPSA) is 167 Å². The van der Waals surface area contributed by atoms with Crippen LogP contribution < -0.4 is 10.0 Å². The number of anilines is 2. The Morgan fingerprint density at radius 2 is 1.68 bits per heavy atom. The van der Waals surface area contributed by atoms with E-state index in [1.807, 2.05) is 0 Å². The Balaban J connectivity index is 1.94. The van der Waals surface area contributed by atoms with Crippen LogP contribution in [0, 0.1) is 10.1 Å². The second kappa shape index (κ2) is 10.0. The zero-order valence-electron chi connectivity index (χ0n) is 17.9. The molecule has 2 aromatic carbocycles. The standard InChI is InChI=1S/C21H19N3O9S/c1-31-20(25)13-8-14(21(26)32-2)10-15(9-13)23-34(29,30)17-5-6-18(19(11-17)24(27)28)22-12-16-4-3-7-33-16/h3-11,22-23H,12H2,1-2H3. The van der Waals surface area contributed by atoms with Gasteiger partial charge in [0.05, 0.1) is 53.7 Å². The third-order valence-electron chi connectivity index (χ3n) is 4.54. The lowest BCUT2D eigenvalue weighted by molar-refractivity contribution is -0.384. The van der Waals surface area contributed by atoms with Crippen LogP contribution >= 0.6 is 0 Å². The Morgan fingerprint density at radius 1 is 1.03 bits per heavy atom. The number of hydrogen-bond acceptors (Lipinski definition) is 10. The van der Waals surface area contributed by atoms with Crippen molar-refractivity contribution in [2.45, 2.75) is 11.4 Å². The summed E-state index contributed by atoms with van der Waals surface area (Å²) in [5.74, 6) is -1.10. The predicted octanol–water partition coefficient (Wildman–Crippen LogP) is 3.17. The monoisotopic (exact) mass is 489 g/mol. The molecule has 3 rings (SSSR count). The number of ether oxygens (including phenoxy) is 2. The van der Waals surface area contributed by atoms with E-state index in [4.69, 9.17) is 4.42 Å². The first-order chi connectivity index (χ1) is 16.1. The molecule has 0 unspecified atom stereocenters. The molecule has 3 aromatic rings. The average molecular weight is 489 g/mol. The largest absolute Gasteiger partial charge is 0.467 e.